The summed E-state index contributed by atoms with van der Waals surface area (Å²) in [4.78, 5) is 45.7. The summed E-state index contributed by atoms with van der Waals surface area (Å²) in [5.74, 6) is -1.03. The number of sulfone groups is 1. The van der Waals surface area contributed by atoms with Gasteiger partial charge in [-0.1, -0.05) is 169 Å². The van der Waals surface area contributed by atoms with Crippen molar-refractivity contribution >= 4 is 33.3 Å². The Hall–Kier alpha value is -7.11. The number of ether oxygens (including phenoxy) is 1. The number of aryl methyl sites for hydroxylation is 1. The number of esters is 1. The van der Waals surface area contributed by atoms with Gasteiger partial charge in [-0.05, 0) is 86.3 Å². The minimum absolute atomic E-state index is 0.0378. The lowest BCUT2D eigenvalue weighted by Crippen LogP contribution is -2.15. The van der Waals surface area contributed by atoms with Crippen LogP contribution in [0.1, 0.15) is 101 Å². The molecule has 366 valence electrons. The van der Waals surface area contributed by atoms with Crippen molar-refractivity contribution in [1.82, 2.24) is 9.13 Å². The van der Waals surface area contributed by atoms with E-state index in [2.05, 4.69) is 0 Å². The van der Waals surface area contributed by atoms with Gasteiger partial charge in [0.05, 0.1) is 16.4 Å². The van der Waals surface area contributed by atoms with Crippen LogP contribution in [-0.4, -0.2) is 52.8 Å². The van der Waals surface area contributed by atoms with E-state index in [-0.39, 0.29) is 40.4 Å². The van der Waals surface area contributed by atoms with Gasteiger partial charge < -0.3 is 23.8 Å². The van der Waals surface area contributed by atoms with Gasteiger partial charge in [0.2, 0.25) is 9.84 Å². The number of carbonyl (C=O) groups excluding carboxylic acids is 3. The first-order chi connectivity index (χ1) is 33.3. The average Bonchev–Trinajstić information content (AvgIpc) is 3.90. The molecule has 0 aliphatic carbocycles. The van der Waals surface area contributed by atoms with Gasteiger partial charge in [-0.25, -0.2) is 8.42 Å². The third kappa shape index (κ3) is 17.8. The molecule has 0 fully saturated rings. The minimum atomic E-state index is -3.68. The Balaban J connectivity index is 0.000000372. The van der Waals surface area contributed by atoms with Gasteiger partial charge in [-0.3, -0.25) is 14.4 Å². The molecule has 7 rings (SSSR count). The molecule has 1 N–H and O–H groups in total. The number of nitrogens with zero attached hydrogens (tertiary/aromatic N) is 2. The van der Waals surface area contributed by atoms with Crippen LogP contribution in [0.2, 0.25) is 0 Å². The lowest BCUT2D eigenvalue weighted by Gasteiger charge is -2.12. The molecule has 0 aliphatic heterocycles. The molecular weight excluding hydrogens is 885 g/mol. The molecule has 7 aromatic rings. The number of carboxylic acid groups (broad SMARTS) is 1. The van der Waals surface area contributed by atoms with Crippen LogP contribution in [0.25, 0.3) is 22.5 Å². The highest BCUT2D eigenvalue weighted by atomic mass is 32.2. The van der Waals surface area contributed by atoms with Crippen molar-refractivity contribution in [1.29, 1.82) is 0 Å². The van der Waals surface area contributed by atoms with Gasteiger partial charge in [-0.2, -0.15) is 0 Å². The zero-order valence-corrected chi connectivity index (χ0v) is 42.8. The number of aliphatic carboxylic acids is 1. The second kappa shape index (κ2) is 31.0. The molecule has 0 unspecified atom stereocenters. The molecule has 10 nitrogen and oxygen atoms in total. The molecule has 0 aliphatic rings. The van der Waals surface area contributed by atoms with Crippen LogP contribution in [0.5, 0.6) is 0 Å². The van der Waals surface area contributed by atoms with Gasteiger partial charge >= 0.3 is 11.9 Å². The number of rotatable bonds is 15. The predicted molar refractivity (Wildman–Crippen MR) is 279 cm³/mol. The fraction of sp³-hybridized carbons (Fsp3) is 0.276. The number of aromatic nitrogens is 2. The zero-order chi connectivity index (χ0) is 51.4. The van der Waals surface area contributed by atoms with E-state index in [1.807, 2.05) is 176 Å². The van der Waals surface area contributed by atoms with E-state index >= 15 is 0 Å². The topological polar surface area (TPSA) is 142 Å². The molecule has 0 spiro atoms. The molecule has 0 saturated carbocycles. The molecule has 0 amide bonds. The molecule has 0 saturated heterocycles. The summed E-state index contributed by atoms with van der Waals surface area (Å²) in [7, 11) is -3.68. The molecule has 0 bridgehead atoms. The smallest absolute Gasteiger partial charge is 0.325 e. The van der Waals surface area contributed by atoms with Crippen molar-refractivity contribution in [2.45, 2.75) is 111 Å². The highest BCUT2D eigenvalue weighted by Crippen LogP contribution is 2.31. The third-order valence-corrected chi connectivity index (χ3v) is 12.1. The molecule has 69 heavy (non-hydrogen) atoms. The fourth-order valence-corrected chi connectivity index (χ4v) is 8.46. The second-order valence-electron chi connectivity index (χ2n) is 14.7. The number of carboxylic acids is 1. The van der Waals surface area contributed by atoms with Crippen LogP contribution < -0.4 is 0 Å². The highest BCUT2D eigenvalue weighted by molar-refractivity contribution is 7.91. The number of ketones is 2. The molecule has 2 aromatic heterocycles. The summed E-state index contributed by atoms with van der Waals surface area (Å²) in [6.07, 6.45) is 1.04. The number of hydrogen-bond donors (Lipinski definition) is 1. The average molecular weight is 955 g/mol. The Morgan fingerprint density at radius 3 is 1.58 bits per heavy atom. The van der Waals surface area contributed by atoms with E-state index in [0.29, 0.717) is 37.0 Å². The first-order valence-corrected chi connectivity index (χ1v) is 25.1. The number of hydrogen-bond acceptors (Lipinski definition) is 7. The maximum atomic E-state index is 13.3. The van der Waals surface area contributed by atoms with Crippen LogP contribution in [0.15, 0.2) is 174 Å². The SMILES string of the molecule is CC.CC.CC.CC(=O)CCC(=O)c1ccccc1.CCOC(=O)Cn1c(C)ccc1-c1ccccc1.Cc1c(Cc2ccccc2S(=O)(=O)c2ccccc2)cc(-c2ccccc2)n1CC(=O)O. The second-order valence-corrected chi connectivity index (χ2v) is 16.6. The highest BCUT2D eigenvalue weighted by Gasteiger charge is 2.23. The maximum absolute atomic E-state index is 13.3. The lowest BCUT2D eigenvalue weighted by molar-refractivity contribution is -0.144. The molecule has 2 heterocycles. The van der Waals surface area contributed by atoms with Gasteiger partial charge in [0.25, 0.3) is 0 Å². The van der Waals surface area contributed by atoms with Crippen molar-refractivity contribution in [2.75, 3.05) is 6.61 Å². The Morgan fingerprint density at radius 1 is 0.565 bits per heavy atom. The zero-order valence-electron chi connectivity index (χ0n) is 41.9. The summed E-state index contributed by atoms with van der Waals surface area (Å²) in [5, 5.41) is 9.44. The van der Waals surface area contributed by atoms with Gasteiger partial charge in [0.1, 0.15) is 18.9 Å². The number of benzene rings is 5. The summed E-state index contributed by atoms with van der Waals surface area (Å²) in [6.45, 7) is 19.7. The Labute approximate surface area is 410 Å². The Morgan fingerprint density at radius 2 is 1.06 bits per heavy atom. The molecule has 5 aromatic carbocycles. The van der Waals surface area contributed by atoms with Crippen LogP contribution in [0.3, 0.4) is 0 Å². The van der Waals surface area contributed by atoms with Gasteiger partial charge in [0.15, 0.2) is 5.78 Å². The fourth-order valence-electron chi connectivity index (χ4n) is 6.95. The van der Waals surface area contributed by atoms with E-state index in [1.54, 1.807) is 59.2 Å². The van der Waals surface area contributed by atoms with Crippen LogP contribution in [0, 0.1) is 13.8 Å². The van der Waals surface area contributed by atoms with E-state index in [1.165, 1.54) is 6.92 Å². The molecule has 0 atom stereocenters. The maximum Gasteiger partial charge on any atom is 0.325 e. The first-order valence-electron chi connectivity index (χ1n) is 23.6. The first kappa shape index (κ1) is 58.0. The van der Waals surface area contributed by atoms with Crippen molar-refractivity contribution < 1.29 is 37.4 Å². The standard InChI is InChI=1S/C26H23NO4S.C15H17NO2.C11H12O2.3C2H6/c1-19-22(17-24(27(19)18-26(28)29)20-10-4-2-5-11-20)16-21-12-8-9-15-25(21)32(30,31)23-13-6-3-7-14-23;1-3-18-15(17)11-16-12(2)9-10-14(16)13-7-5-4-6-8-13;1-9(12)7-8-11(13)10-5-3-2-4-6-10;3*1-2/h2-15,17H,16,18H2,1H3,(H,28,29);4-10H,3,11H2,1-2H3;2-6H,7-8H2,1H3;3*1-2H3. The quantitative estimate of drug-likeness (QED) is 0.0791. The molecule has 11 heteroatoms. The lowest BCUT2D eigenvalue weighted by atomic mass is 10.0. The summed E-state index contributed by atoms with van der Waals surface area (Å²) in [5.41, 5.74) is 7.96. The Kier molecular flexibility index (Phi) is 26.1. The van der Waals surface area contributed by atoms with Crippen LogP contribution in [0.4, 0.5) is 0 Å². The largest absolute Gasteiger partial charge is 0.480 e. The van der Waals surface area contributed by atoms with Gasteiger partial charge in [0, 0.05) is 47.6 Å². The Bertz CT molecular complexity index is 2730. The van der Waals surface area contributed by atoms with Crippen molar-refractivity contribution in [3.8, 4) is 22.5 Å². The van der Waals surface area contributed by atoms with Crippen molar-refractivity contribution in [3.63, 3.8) is 0 Å². The predicted octanol–water partition coefficient (Wildman–Crippen LogP) is 13.3. The van der Waals surface area contributed by atoms with E-state index in [4.69, 9.17) is 4.74 Å². The van der Waals surface area contributed by atoms with E-state index < -0.39 is 15.8 Å². The van der Waals surface area contributed by atoms with Crippen molar-refractivity contribution in [2.24, 2.45) is 0 Å². The summed E-state index contributed by atoms with van der Waals surface area (Å²) >= 11 is 0. The molecule has 0 radical (unpaired) electrons. The number of Topliss-reactive ketones (excluding diaryl/α,β-unsaturated/α-hetero) is 2. The van der Waals surface area contributed by atoms with E-state index in [0.717, 1.165) is 39.5 Å². The monoisotopic (exact) mass is 954 g/mol. The molecular formula is C58H70N2O8S. The third-order valence-electron chi connectivity index (χ3n) is 10.2. The summed E-state index contributed by atoms with van der Waals surface area (Å²) < 4.78 is 35.3. The van der Waals surface area contributed by atoms with Crippen LogP contribution in [-0.2, 0) is 48.5 Å². The van der Waals surface area contributed by atoms with E-state index in [9.17, 15) is 32.7 Å². The normalized spacial score (nSPS) is 10.1. The number of carbonyl (C=O) groups is 4. The van der Waals surface area contributed by atoms with Crippen LogP contribution >= 0.6 is 0 Å². The van der Waals surface area contributed by atoms with Crippen molar-refractivity contribution in [3.05, 3.63) is 192 Å². The van der Waals surface area contributed by atoms with Gasteiger partial charge in [-0.15, -0.1) is 0 Å². The minimum Gasteiger partial charge on any atom is -0.480 e. The summed E-state index contributed by atoms with van der Waals surface area (Å²) in [6, 6.07) is 50.0.